The van der Waals surface area contributed by atoms with E-state index in [1.807, 2.05) is 0 Å². The third-order valence-electron chi connectivity index (χ3n) is 2.33. The molecule has 0 aliphatic carbocycles. The maximum atomic E-state index is 10.9. The van der Waals surface area contributed by atoms with Crippen molar-refractivity contribution < 1.29 is 9.85 Å². The summed E-state index contributed by atoms with van der Waals surface area (Å²) in [5.41, 5.74) is 0.00887. The van der Waals surface area contributed by atoms with E-state index in [1.54, 1.807) is 18.2 Å². The maximum absolute atomic E-state index is 10.9. The Morgan fingerprint density at radius 3 is 2.33 bits per heavy atom. The highest BCUT2D eigenvalue weighted by Gasteiger charge is 2.20. The van der Waals surface area contributed by atoms with Gasteiger partial charge in [-0.15, -0.1) is 0 Å². The first-order valence-electron chi connectivity index (χ1n) is 4.94. The quantitative estimate of drug-likeness (QED) is 0.611. The van der Waals surface area contributed by atoms with Gasteiger partial charge in [0, 0.05) is 12.3 Å². The van der Waals surface area contributed by atoms with Crippen LogP contribution in [0, 0.1) is 20.2 Å². The van der Waals surface area contributed by atoms with Crippen molar-refractivity contribution in [3.05, 3.63) is 62.8 Å². The molecule has 0 aliphatic rings. The highest BCUT2D eigenvalue weighted by molar-refractivity contribution is 5.72. The molecular formula is C11H7N3O4. The van der Waals surface area contributed by atoms with E-state index in [-0.39, 0.29) is 16.9 Å². The molecule has 1 aromatic heterocycles. The molecule has 0 amide bonds. The second-order valence-corrected chi connectivity index (χ2v) is 3.43. The van der Waals surface area contributed by atoms with Gasteiger partial charge in [-0.1, -0.05) is 6.07 Å². The predicted molar refractivity (Wildman–Crippen MR) is 63.0 cm³/mol. The molecule has 90 valence electrons. The summed E-state index contributed by atoms with van der Waals surface area (Å²) in [5.74, 6) is 0. The summed E-state index contributed by atoms with van der Waals surface area (Å²) >= 11 is 0. The van der Waals surface area contributed by atoms with Gasteiger partial charge in [-0.2, -0.15) is 0 Å². The number of aromatic nitrogens is 1. The Labute approximate surface area is 101 Å². The number of benzene rings is 1. The summed E-state index contributed by atoms with van der Waals surface area (Å²) in [4.78, 5) is 24.2. The number of non-ortho nitro benzene ring substituents is 1. The third-order valence-corrected chi connectivity index (χ3v) is 2.33. The molecule has 0 bridgehead atoms. The van der Waals surface area contributed by atoms with Gasteiger partial charge in [0.05, 0.1) is 27.2 Å². The van der Waals surface area contributed by atoms with Crippen molar-refractivity contribution in [1.82, 2.24) is 4.98 Å². The van der Waals surface area contributed by atoms with Crippen LogP contribution in [0.5, 0.6) is 0 Å². The summed E-state index contributed by atoms with van der Waals surface area (Å²) in [6.07, 6.45) is 1.50. The highest BCUT2D eigenvalue weighted by Crippen LogP contribution is 2.31. The Bertz CT molecular complexity index is 613. The van der Waals surface area contributed by atoms with Crippen molar-refractivity contribution in [3.8, 4) is 11.3 Å². The van der Waals surface area contributed by atoms with Gasteiger partial charge in [0.15, 0.2) is 0 Å². The summed E-state index contributed by atoms with van der Waals surface area (Å²) in [6, 6.07) is 8.46. The van der Waals surface area contributed by atoms with Crippen molar-refractivity contribution in [1.29, 1.82) is 0 Å². The first-order chi connectivity index (χ1) is 8.59. The molecule has 0 radical (unpaired) electrons. The molecule has 2 aromatic rings. The third kappa shape index (κ3) is 2.14. The van der Waals surface area contributed by atoms with Gasteiger partial charge in [-0.25, -0.2) is 0 Å². The molecule has 7 heteroatoms. The lowest BCUT2D eigenvalue weighted by molar-refractivity contribution is -0.393. The van der Waals surface area contributed by atoms with E-state index < -0.39 is 9.85 Å². The molecule has 0 unspecified atom stereocenters. The molecule has 1 heterocycles. The van der Waals surface area contributed by atoms with E-state index in [2.05, 4.69) is 4.98 Å². The summed E-state index contributed by atoms with van der Waals surface area (Å²) in [5, 5.41) is 21.5. The van der Waals surface area contributed by atoms with Crippen LogP contribution in [0.1, 0.15) is 0 Å². The maximum Gasteiger partial charge on any atom is 0.285 e. The SMILES string of the molecule is O=[N+]([O-])c1ccc(-c2ccccn2)c([N+](=O)[O-])c1. The molecule has 1 aromatic carbocycles. The molecule has 0 N–H and O–H groups in total. The Morgan fingerprint density at radius 1 is 1.00 bits per heavy atom. The Balaban J connectivity index is 2.61. The zero-order chi connectivity index (χ0) is 13.1. The van der Waals surface area contributed by atoms with E-state index in [1.165, 1.54) is 18.3 Å². The van der Waals surface area contributed by atoms with Gasteiger partial charge in [-0.3, -0.25) is 25.2 Å². The number of nitro benzene ring substituents is 2. The summed E-state index contributed by atoms with van der Waals surface area (Å²) in [6.45, 7) is 0. The van der Waals surface area contributed by atoms with Crippen molar-refractivity contribution in [2.24, 2.45) is 0 Å². The molecular weight excluding hydrogens is 238 g/mol. The van der Waals surface area contributed by atoms with Crippen molar-refractivity contribution in [2.75, 3.05) is 0 Å². The zero-order valence-corrected chi connectivity index (χ0v) is 9.02. The normalized spacial score (nSPS) is 10.0. The van der Waals surface area contributed by atoms with Crippen molar-refractivity contribution in [2.45, 2.75) is 0 Å². The fourth-order valence-electron chi connectivity index (χ4n) is 1.52. The molecule has 7 nitrogen and oxygen atoms in total. The standard InChI is InChI=1S/C11H7N3O4/c15-13(16)8-4-5-9(11(7-8)14(17)18)10-3-1-2-6-12-10/h1-7H. The minimum absolute atomic E-state index is 0.256. The molecule has 2 rings (SSSR count). The average Bonchev–Trinajstić information content (AvgIpc) is 2.39. The second kappa shape index (κ2) is 4.58. The van der Waals surface area contributed by atoms with Crippen molar-refractivity contribution in [3.63, 3.8) is 0 Å². The number of nitro groups is 2. The molecule has 0 saturated carbocycles. The van der Waals surface area contributed by atoms with Gasteiger partial charge < -0.3 is 0 Å². The van der Waals surface area contributed by atoms with E-state index in [9.17, 15) is 20.2 Å². The van der Waals surface area contributed by atoms with Crippen LogP contribution in [0.2, 0.25) is 0 Å². The fourth-order valence-corrected chi connectivity index (χ4v) is 1.52. The lowest BCUT2D eigenvalue weighted by Gasteiger charge is -2.01. The molecule has 0 saturated heterocycles. The number of hydrogen-bond donors (Lipinski definition) is 0. The monoisotopic (exact) mass is 245 g/mol. The molecule has 0 fully saturated rings. The van der Waals surface area contributed by atoms with Crippen LogP contribution in [0.25, 0.3) is 11.3 Å². The number of pyridine rings is 1. The summed E-state index contributed by atoms with van der Waals surface area (Å²) in [7, 11) is 0. The minimum Gasteiger partial charge on any atom is -0.258 e. The predicted octanol–water partition coefficient (Wildman–Crippen LogP) is 2.57. The zero-order valence-electron chi connectivity index (χ0n) is 9.02. The van der Waals surface area contributed by atoms with Crippen LogP contribution in [0.3, 0.4) is 0 Å². The van der Waals surface area contributed by atoms with E-state index in [0.717, 1.165) is 6.07 Å². The van der Waals surface area contributed by atoms with Crippen LogP contribution >= 0.6 is 0 Å². The fraction of sp³-hybridized carbons (Fsp3) is 0. The average molecular weight is 245 g/mol. The molecule has 0 aliphatic heterocycles. The molecule has 0 spiro atoms. The second-order valence-electron chi connectivity index (χ2n) is 3.43. The van der Waals surface area contributed by atoms with Gasteiger partial charge in [0.25, 0.3) is 11.4 Å². The number of hydrogen-bond acceptors (Lipinski definition) is 5. The lowest BCUT2D eigenvalue weighted by atomic mass is 10.1. The minimum atomic E-state index is -0.671. The molecule has 0 atom stereocenters. The summed E-state index contributed by atoms with van der Waals surface area (Å²) < 4.78 is 0. The first-order valence-corrected chi connectivity index (χ1v) is 4.94. The Hall–Kier alpha value is -2.83. The first kappa shape index (κ1) is 11.6. The van der Waals surface area contributed by atoms with E-state index in [0.29, 0.717) is 5.69 Å². The number of rotatable bonds is 3. The van der Waals surface area contributed by atoms with E-state index >= 15 is 0 Å². The van der Waals surface area contributed by atoms with E-state index in [4.69, 9.17) is 0 Å². The largest absolute Gasteiger partial charge is 0.285 e. The topological polar surface area (TPSA) is 99.2 Å². The van der Waals surface area contributed by atoms with Crippen LogP contribution in [0.4, 0.5) is 11.4 Å². The van der Waals surface area contributed by atoms with Crippen LogP contribution in [-0.2, 0) is 0 Å². The van der Waals surface area contributed by atoms with Gasteiger partial charge >= 0.3 is 0 Å². The van der Waals surface area contributed by atoms with Gasteiger partial charge in [-0.05, 0) is 18.2 Å². The molecule has 18 heavy (non-hydrogen) atoms. The van der Waals surface area contributed by atoms with Gasteiger partial charge in [0.2, 0.25) is 0 Å². The number of nitrogens with zero attached hydrogens (tertiary/aromatic N) is 3. The van der Waals surface area contributed by atoms with Gasteiger partial charge in [0.1, 0.15) is 0 Å². The van der Waals surface area contributed by atoms with Crippen LogP contribution < -0.4 is 0 Å². The van der Waals surface area contributed by atoms with Crippen LogP contribution in [-0.4, -0.2) is 14.8 Å². The smallest absolute Gasteiger partial charge is 0.258 e. The van der Waals surface area contributed by atoms with Crippen molar-refractivity contribution >= 4 is 11.4 Å². The van der Waals surface area contributed by atoms with Crippen LogP contribution in [0.15, 0.2) is 42.6 Å². The Kier molecular flexibility index (Phi) is 2.96. The Morgan fingerprint density at radius 2 is 1.78 bits per heavy atom. The lowest BCUT2D eigenvalue weighted by Crippen LogP contribution is -1.96. The highest BCUT2D eigenvalue weighted by atomic mass is 16.6.